The molecular weight excluding hydrogens is 284 g/mol. The largest absolute Gasteiger partial charge is 0.497 e. The van der Waals surface area contributed by atoms with E-state index in [4.69, 9.17) is 14.0 Å². The Kier molecular flexibility index (Phi) is 3.79. The molecule has 1 heterocycles. The van der Waals surface area contributed by atoms with Gasteiger partial charge in [-0.15, -0.1) is 0 Å². The molecule has 0 spiro atoms. The Morgan fingerprint density at radius 1 is 1.05 bits per heavy atom. The molecule has 0 bridgehead atoms. The van der Waals surface area contributed by atoms with Crippen molar-refractivity contribution >= 4 is 12.6 Å². The fraction of sp³-hybridized carbons (Fsp3) is 0.571. The standard InChI is InChI=1S/C14H18BF3O3/c1-12(2)13(3,4)21-15(20-12)11-8-9(19-5)6-7-10(11)14(16,17)18/h6-8H,1-5H3. The van der Waals surface area contributed by atoms with E-state index in [1.54, 1.807) is 27.7 Å². The Labute approximate surface area is 122 Å². The number of ether oxygens (including phenoxy) is 1. The number of alkyl halides is 3. The van der Waals surface area contributed by atoms with Crippen LogP contribution in [-0.4, -0.2) is 25.4 Å². The summed E-state index contributed by atoms with van der Waals surface area (Å²) in [7, 11) is 0.318. The van der Waals surface area contributed by atoms with Crippen LogP contribution in [0.4, 0.5) is 13.2 Å². The number of hydrogen-bond acceptors (Lipinski definition) is 3. The summed E-state index contributed by atoms with van der Waals surface area (Å²) >= 11 is 0. The fourth-order valence-corrected chi connectivity index (χ4v) is 2.09. The summed E-state index contributed by atoms with van der Waals surface area (Å²) in [6.45, 7) is 7.17. The molecule has 0 radical (unpaired) electrons. The fourth-order valence-electron chi connectivity index (χ4n) is 2.09. The first kappa shape index (κ1) is 16.2. The molecular formula is C14H18BF3O3. The molecule has 1 aromatic rings. The smallest absolute Gasteiger partial charge is 0.495 e. The molecule has 116 valence electrons. The number of benzene rings is 1. The van der Waals surface area contributed by atoms with Crippen molar-refractivity contribution in [3.8, 4) is 5.75 Å². The van der Waals surface area contributed by atoms with E-state index in [9.17, 15) is 13.2 Å². The van der Waals surface area contributed by atoms with Crippen LogP contribution in [0.3, 0.4) is 0 Å². The van der Waals surface area contributed by atoms with Crippen LogP contribution >= 0.6 is 0 Å². The van der Waals surface area contributed by atoms with Gasteiger partial charge in [0.15, 0.2) is 0 Å². The van der Waals surface area contributed by atoms with Gasteiger partial charge in [0.1, 0.15) is 5.75 Å². The third kappa shape index (κ3) is 2.89. The normalized spacial score (nSPS) is 20.7. The molecule has 21 heavy (non-hydrogen) atoms. The van der Waals surface area contributed by atoms with Crippen molar-refractivity contribution in [3.05, 3.63) is 23.8 Å². The van der Waals surface area contributed by atoms with Crippen LogP contribution < -0.4 is 10.2 Å². The molecule has 1 aromatic carbocycles. The van der Waals surface area contributed by atoms with E-state index >= 15 is 0 Å². The van der Waals surface area contributed by atoms with E-state index in [1.807, 2.05) is 0 Å². The Balaban J connectivity index is 2.48. The first-order valence-corrected chi connectivity index (χ1v) is 6.59. The second-order valence-corrected chi connectivity index (χ2v) is 6.04. The summed E-state index contributed by atoms with van der Waals surface area (Å²) in [5, 5.41) is 0. The zero-order valence-electron chi connectivity index (χ0n) is 12.7. The van der Waals surface area contributed by atoms with E-state index in [-0.39, 0.29) is 5.46 Å². The van der Waals surface area contributed by atoms with Crippen LogP contribution in [-0.2, 0) is 15.5 Å². The average Bonchev–Trinajstić information content (AvgIpc) is 2.56. The highest BCUT2D eigenvalue weighted by atomic mass is 19.4. The maximum Gasteiger partial charge on any atom is 0.495 e. The van der Waals surface area contributed by atoms with Gasteiger partial charge in [-0.25, -0.2) is 0 Å². The molecule has 3 nitrogen and oxygen atoms in total. The van der Waals surface area contributed by atoms with Crippen molar-refractivity contribution in [2.45, 2.75) is 45.1 Å². The topological polar surface area (TPSA) is 27.7 Å². The van der Waals surface area contributed by atoms with Gasteiger partial charge >= 0.3 is 13.3 Å². The predicted octanol–water partition coefficient (Wildman–Crippen LogP) is 3.01. The average molecular weight is 302 g/mol. The quantitative estimate of drug-likeness (QED) is 0.786. The van der Waals surface area contributed by atoms with Crippen LogP contribution in [0.2, 0.25) is 0 Å². The summed E-state index contributed by atoms with van der Waals surface area (Å²) in [4.78, 5) is 0. The zero-order chi connectivity index (χ0) is 16.1. The van der Waals surface area contributed by atoms with Gasteiger partial charge in [-0.05, 0) is 51.4 Å². The van der Waals surface area contributed by atoms with Gasteiger partial charge in [-0.2, -0.15) is 13.2 Å². The molecule has 7 heteroatoms. The van der Waals surface area contributed by atoms with Gasteiger partial charge in [-0.3, -0.25) is 0 Å². The highest BCUT2D eigenvalue weighted by molar-refractivity contribution is 6.62. The number of halogens is 3. The Hall–Kier alpha value is -1.21. The molecule has 2 rings (SSSR count). The van der Waals surface area contributed by atoms with E-state index in [0.717, 1.165) is 6.07 Å². The van der Waals surface area contributed by atoms with Crippen molar-refractivity contribution < 1.29 is 27.2 Å². The van der Waals surface area contributed by atoms with Gasteiger partial charge in [0.2, 0.25) is 0 Å². The first-order valence-electron chi connectivity index (χ1n) is 6.59. The molecule has 0 aliphatic carbocycles. The zero-order valence-corrected chi connectivity index (χ0v) is 12.7. The molecule has 0 atom stereocenters. The SMILES string of the molecule is COc1ccc(C(F)(F)F)c(B2OC(C)(C)C(C)(C)O2)c1. The molecule has 0 N–H and O–H groups in total. The van der Waals surface area contributed by atoms with Gasteiger partial charge in [0, 0.05) is 0 Å². The second-order valence-electron chi connectivity index (χ2n) is 6.04. The maximum atomic E-state index is 13.2. The van der Waals surface area contributed by atoms with E-state index in [0.29, 0.717) is 5.75 Å². The van der Waals surface area contributed by atoms with E-state index in [2.05, 4.69) is 0 Å². The van der Waals surface area contributed by atoms with Gasteiger partial charge in [0.25, 0.3) is 0 Å². The molecule has 1 aliphatic heterocycles. The maximum absolute atomic E-state index is 13.2. The third-order valence-electron chi connectivity index (χ3n) is 4.07. The lowest BCUT2D eigenvalue weighted by Gasteiger charge is -2.32. The minimum atomic E-state index is -4.48. The van der Waals surface area contributed by atoms with E-state index < -0.39 is 30.1 Å². The molecule has 1 fully saturated rings. The number of methoxy groups -OCH3 is 1. The summed E-state index contributed by atoms with van der Waals surface area (Å²) in [5.41, 5.74) is -2.25. The van der Waals surface area contributed by atoms with Crippen molar-refractivity contribution in [1.29, 1.82) is 0 Å². The molecule has 1 aliphatic rings. The van der Waals surface area contributed by atoms with Crippen molar-refractivity contribution in [2.75, 3.05) is 7.11 Å². The summed E-state index contributed by atoms with van der Waals surface area (Å²) in [6, 6.07) is 3.57. The van der Waals surface area contributed by atoms with Crippen LogP contribution in [0.1, 0.15) is 33.3 Å². The monoisotopic (exact) mass is 302 g/mol. The molecule has 0 aromatic heterocycles. The highest BCUT2D eigenvalue weighted by Gasteiger charge is 2.53. The van der Waals surface area contributed by atoms with Gasteiger partial charge in [-0.1, -0.05) is 0 Å². The van der Waals surface area contributed by atoms with Gasteiger partial charge < -0.3 is 14.0 Å². The predicted molar refractivity (Wildman–Crippen MR) is 73.7 cm³/mol. The lowest BCUT2D eigenvalue weighted by molar-refractivity contribution is -0.136. The van der Waals surface area contributed by atoms with Crippen molar-refractivity contribution in [2.24, 2.45) is 0 Å². The summed E-state index contributed by atoms with van der Waals surface area (Å²) in [5.74, 6) is 0.327. The minimum Gasteiger partial charge on any atom is -0.497 e. The Morgan fingerprint density at radius 2 is 1.57 bits per heavy atom. The lowest BCUT2D eigenvalue weighted by atomic mass is 9.75. The van der Waals surface area contributed by atoms with Crippen LogP contribution in [0, 0.1) is 0 Å². The Bertz CT molecular complexity index is 525. The molecule has 0 amide bonds. The van der Waals surface area contributed by atoms with Crippen LogP contribution in [0.5, 0.6) is 5.75 Å². The van der Waals surface area contributed by atoms with Crippen LogP contribution in [0.25, 0.3) is 0 Å². The third-order valence-corrected chi connectivity index (χ3v) is 4.07. The van der Waals surface area contributed by atoms with Crippen molar-refractivity contribution in [1.82, 2.24) is 0 Å². The lowest BCUT2D eigenvalue weighted by Crippen LogP contribution is -2.41. The van der Waals surface area contributed by atoms with Crippen molar-refractivity contribution in [3.63, 3.8) is 0 Å². The Morgan fingerprint density at radius 3 is 2.00 bits per heavy atom. The van der Waals surface area contributed by atoms with E-state index in [1.165, 1.54) is 19.2 Å². The molecule has 0 saturated carbocycles. The number of hydrogen-bond donors (Lipinski definition) is 0. The summed E-state index contributed by atoms with van der Waals surface area (Å²) in [6.07, 6.45) is -4.48. The molecule has 1 saturated heterocycles. The number of rotatable bonds is 2. The second kappa shape index (κ2) is 4.92. The van der Waals surface area contributed by atoms with Gasteiger partial charge in [0.05, 0.1) is 23.9 Å². The molecule has 0 unspecified atom stereocenters. The minimum absolute atomic E-state index is 0.0690. The first-order chi connectivity index (χ1) is 9.48. The van der Waals surface area contributed by atoms with Crippen LogP contribution in [0.15, 0.2) is 18.2 Å². The summed E-state index contributed by atoms with van der Waals surface area (Å²) < 4.78 is 55.9. The highest BCUT2D eigenvalue weighted by Crippen LogP contribution is 2.38.